The van der Waals surface area contributed by atoms with E-state index in [0.29, 0.717) is 0 Å². The van der Waals surface area contributed by atoms with Gasteiger partial charge in [-0.1, -0.05) is 0 Å². The molecule has 1 aliphatic rings. The molecule has 4 rings (SSSR count). The van der Waals surface area contributed by atoms with Crippen LogP contribution in [0, 0.1) is 0 Å². The first kappa shape index (κ1) is 15.0. The number of anilines is 1. The molecule has 0 amide bonds. The van der Waals surface area contributed by atoms with Crippen molar-refractivity contribution in [1.29, 1.82) is 0 Å². The zero-order chi connectivity index (χ0) is 16.5. The van der Waals surface area contributed by atoms with Crippen molar-refractivity contribution in [3.05, 3.63) is 47.4 Å². The van der Waals surface area contributed by atoms with Crippen LogP contribution in [0.15, 0.2) is 30.5 Å². The summed E-state index contributed by atoms with van der Waals surface area (Å²) in [4.78, 5) is 4.53. The third-order valence-corrected chi connectivity index (χ3v) is 4.84. The molecule has 0 radical (unpaired) electrons. The predicted molar refractivity (Wildman–Crippen MR) is 95.5 cm³/mol. The van der Waals surface area contributed by atoms with Crippen LogP contribution in [-0.2, 0) is 26.4 Å². The van der Waals surface area contributed by atoms with Crippen LogP contribution in [0.25, 0.3) is 10.9 Å². The Bertz CT molecular complexity index is 884. The third-order valence-electron chi connectivity index (χ3n) is 4.84. The second kappa shape index (κ2) is 6.15. The van der Waals surface area contributed by atoms with Crippen molar-refractivity contribution in [2.45, 2.75) is 32.2 Å². The maximum atomic E-state index is 5.44. The van der Waals surface area contributed by atoms with Crippen LogP contribution in [0.5, 0.6) is 5.75 Å². The van der Waals surface area contributed by atoms with Crippen LogP contribution in [0.3, 0.4) is 0 Å². The first-order valence-electron chi connectivity index (χ1n) is 8.47. The molecular weight excluding hydrogens is 300 g/mol. The summed E-state index contributed by atoms with van der Waals surface area (Å²) in [5.41, 5.74) is 5.95. The van der Waals surface area contributed by atoms with Gasteiger partial charge in [0.2, 0.25) is 0 Å². The lowest BCUT2D eigenvalue weighted by molar-refractivity contribution is 0.420. The first-order valence-corrected chi connectivity index (χ1v) is 8.47. The molecule has 1 aliphatic carbocycles. The maximum Gasteiger partial charge on any atom is 0.128 e. The molecule has 2 heterocycles. The molecule has 2 aromatic heterocycles. The average molecular weight is 322 g/mol. The lowest BCUT2D eigenvalue weighted by Crippen LogP contribution is -2.09. The summed E-state index contributed by atoms with van der Waals surface area (Å²) in [6.07, 6.45) is 6.58. The van der Waals surface area contributed by atoms with Gasteiger partial charge in [0, 0.05) is 18.6 Å². The Balaban J connectivity index is 1.66. The molecule has 1 aromatic carbocycles. The Morgan fingerprint density at radius 1 is 1.21 bits per heavy atom. The van der Waals surface area contributed by atoms with E-state index in [1.54, 1.807) is 7.11 Å². The Morgan fingerprint density at radius 3 is 2.96 bits per heavy atom. The molecule has 5 heteroatoms. The summed E-state index contributed by atoms with van der Waals surface area (Å²) in [7, 11) is 3.73. The monoisotopic (exact) mass is 322 g/mol. The van der Waals surface area contributed by atoms with Gasteiger partial charge in [-0.2, -0.15) is 5.10 Å². The van der Waals surface area contributed by atoms with E-state index in [2.05, 4.69) is 10.3 Å². The summed E-state index contributed by atoms with van der Waals surface area (Å²) >= 11 is 0. The number of methoxy groups -OCH3 is 1. The van der Waals surface area contributed by atoms with Gasteiger partial charge in [-0.3, -0.25) is 9.67 Å². The van der Waals surface area contributed by atoms with Crippen molar-refractivity contribution < 1.29 is 4.74 Å². The normalized spacial score (nSPS) is 13.8. The summed E-state index contributed by atoms with van der Waals surface area (Å²) in [6.45, 7) is 0.761. The second-order valence-electron chi connectivity index (χ2n) is 6.27. The van der Waals surface area contributed by atoms with Crippen molar-refractivity contribution in [1.82, 2.24) is 14.8 Å². The lowest BCUT2D eigenvalue weighted by atomic mass is 9.96. The van der Waals surface area contributed by atoms with Gasteiger partial charge >= 0.3 is 0 Å². The quantitative estimate of drug-likeness (QED) is 0.799. The number of hydrogen-bond acceptors (Lipinski definition) is 4. The zero-order valence-corrected chi connectivity index (χ0v) is 14.2. The van der Waals surface area contributed by atoms with Gasteiger partial charge in [-0.05, 0) is 55.5 Å². The Hall–Kier alpha value is -2.56. The van der Waals surface area contributed by atoms with Gasteiger partial charge in [-0.15, -0.1) is 0 Å². The first-order chi connectivity index (χ1) is 11.8. The number of hydrogen-bond donors (Lipinski definition) is 1. The van der Waals surface area contributed by atoms with E-state index in [1.165, 1.54) is 29.8 Å². The highest BCUT2D eigenvalue weighted by molar-refractivity contribution is 5.94. The fraction of sp³-hybridized carbons (Fsp3) is 0.368. The van der Waals surface area contributed by atoms with Gasteiger partial charge in [0.05, 0.1) is 36.2 Å². The minimum absolute atomic E-state index is 0.761. The van der Waals surface area contributed by atoms with E-state index in [0.717, 1.165) is 41.7 Å². The molecule has 0 aliphatic heterocycles. The van der Waals surface area contributed by atoms with Gasteiger partial charge in [0.25, 0.3) is 0 Å². The van der Waals surface area contributed by atoms with Crippen LogP contribution in [0.1, 0.15) is 29.8 Å². The maximum absolute atomic E-state index is 5.44. The summed E-state index contributed by atoms with van der Waals surface area (Å²) in [5.74, 6) is 0.849. The van der Waals surface area contributed by atoms with Crippen molar-refractivity contribution in [3.63, 3.8) is 0 Å². The van der Waals surface area contributed by atoms with Crippen LogP contribution in [0.4, 0.5) is 5.69 Å². The lowest BCUT2D eigenvalue weighted by Gasteiger charge is -2.14. The molecule has 0 saturated heterocycles. The molecule has 124 valence electrons. The third kappa shape index (κ3) is 2.50. The molecule has 0 fully saturated rings. The van der Waals surface area contributed by atoms with Crippen molar-refractivity contribution in [3.8, 4) is 5.75 Å². The summed E-state index contributed by atoms with van der Waals surface area (Å²) in [5, 5.41) is 9.27. The summed E-state index contributed by atoms with van der Waals surface area (Å²) < 4.78 is 7.47. The highest BCUT2D eigenvalue weighted by Gasteiger charge is 2.19. The van der Waals surface area contributed by atoms with Crippen molar-refractivity contribution in [2.75, 3.05) is 12.4 Å². The minimum Gasteiger partial charge on any atom is -0.496 e. The van der Waals surface area contributed by atoms with Crippen LogP contribution >= 0.6 is 0 Å². The van der Waals surface area contributed by atoms with Gasteiger partial charge < -0.3 is 10.1 Å². The average Bonchev–Trinajstić information content (AvgIpc) is 2.95. The Kier molecular flexibility index (Phi) is 3.84. The smallest absolute Gasteiger partial charge is 0.128 e. The molecule has 0 bridgehead atoms. The molecule has 0 unspecified atom stereocenters. The largest absolute Gasteiger partial charge is 0.496 e. The van der Waals surface area contributed by atoms with Gasteiger partial charge in [0.1, 0.15) is 5.75 Å². The van der Waals surface area contributed by atoms with E-state index in [-0.39, 0.29) is 0 Å². The van der Waals surface area contributed by atoms with Crippen molar-refractivity contribution >= 4 is 16.6 Å². The van der Waals surface area contributed by atoms with Crippen LogP contribution < -0.4 is 10.1 Å². The number of aryl methyl sites for hydroxylation is 2. The molecule has 0 atom stereocenters. The summed E-state index contributed by atoms with van der Waals surface area (Å²) in [6, 6.07) is 8.01. The molecule has 0 spiro atoms. The highest BCUT2D eigenvalue weighted by Crippen LogP contribution is 2.30. The molecule has 5 nitrogen and oxygen atoms in total. The van der Waals surface area contributed by atoms with Gasteiger partial charge in [0.15, 0.2) is 0 Å². The molecule has 1 N–H and O–H groups in total. The van der Waals surface area contributed by atoms with E-state index in [4.69, 9.17) is 9.84 Å². The van der Waals surface area contributed by atoms with E-state index in [1.807, 2.05) is 42.2 Å². The molecule has 0 saturated carbocycles. The van der Waals surface area contributed by atoms with Crippen LogP contribution in [0.2, 0.25) is 0 Å². The molecular formula is C19H22N4O. The number of pyridine rings is 1. The van der Waals surface area contributed by atoms with Gasteiger partial charge in [-0.25, -0.2) is 0 Å². The topological polar surface area (TPSA) is 52.0 Å². The number of aromatic nitrogens is 3. The SMILES string of the molecule is COc1ccc(NCc2c3c(nn2C)CCCC3)c2ncccc12. The van der Waals surface area contributed by atoms with E-state index >= 15 is 0 Å². The standard InChI is InChI=1S/C19H22N4O/c1-23-17(13-6-3-4-8-15(13)22-23)12-21-16-9-10-18(24-2)14-7-5-11-20-19(14)16/h5,7,9-11,21H,3-4,6,8,12H2,1-2H3. The van der Waals surface area contributed by atoms with Crippen LogP contribution in [-0.4, -0.2) is 21.9 Å². The number of ether oxygens (including phenoxy) is 1. The predicted octanol–water partition coefficient (Wildman–Crippen LogP) is 3.47. The number of nitrogens with one attached hydrogen (secondary N) is 1. The van der Waals surface area contributed by atoms with E-state index < -0.39 is 0 Å². The highest BCUT2D eigenvalue weighted by atomic mass is 16.5. The number of fused-ring (bicyclic) bond motifs is 2. The Labute approximate surface area is 141 Å². The minimum atomic E-state index is 0.761. The number of rotatable bonds is 4. The fourth-order valence-corrected chi connectivity index (χ4v) is 3.61. The molecule has 3 aromatic rings. The van der Waals surface area contributed by atoms with Crippen molar-refractivity contribution in [2.24, 2.45) is 7.05 Å². The second-order valence-corrected chi connectivity index (χ2v) is 6.27. The fourth-order valence-electron chi connectivity index (χ4n) is 3.61. The number of nitrogens with zero attached hydrogens (tertiary/aromatic N) is 3. The number of benzene rings is 1. The molecule has 24 heavy (non-hydrogen) atoms. The Morgan fingerprint density at radius 2 is 2.08 bits per heavy atom. The zero-order valence-electron chi connectivity index (χ0n) is 14.2. The van der Waals surface area contributed by atoms with E-state index in [9.17, 15) is 0 Å².